The fraction of sp³-hybridized carbons (Fsp3) is 0.643. The summed E-state index contributed by atoms with van der Waals surface area (Å²) in [4.78, 5) is 26.8. The van der Waals surface area contributed by atoms with Gasteiger partial charge >= 0.3 is 0 Å². The van der Waals surface area contributed by atoms with E-state index in [1.807, 2.05) is 13.1 Å². The van der Waals surface area contributed by atoms with Gasteiger partial charge in [0.15, 0.2) is 0 Å². The maximum Gasteiger partial charge on any atom is 0.241 e. The lowest BCUT2D eigenvalue weighted by atomic mass is 10.3. The number of amides is 1. The molecule has 0 aromatic carbocycles. The van der Waals surface area contributed by atoms with Crippen molar-refractivity contribution >= 4 is 17.5 Å². The van der Waals surface area contributed by atoms with E-state index in [9.17, 15) is 4.79 Å². The second kappa shape index (κ2) is 5.64. The van der Waals surface area contributed by atoms with Crippen LogP contribution in [0.4, 0.5) is 11.6 Å². The molecule has 0 unspecified atom stereocenters. The predicted octanol–water partition coefficient (Wildman–Crippen LogP) is 0.745. The molecular weight excluding hydrogens is 254 g/mol. The Labute approximate surface area is 119 Å². The van der Waals surface area contributed by atoms with Gasteiger partial charge in [-0.25, -0.2) is 9.97 Å². The Morgan fingerprint density at radius 3 is 2.35 bits per heavy atom. The summed E-state index contributed by atoms with van der Waals surface area (Å²) in [5, 5.41) is 0. The van der Waals surface area contributed by atoms with E-state index >= 15 is 0 Å². The Balaban J connectivity index is 1.78. The third kappa shape index (κ3) is 2.69. The van der Waals surface area contributed by atoms with Crippen LogP contribution in [0.3, 0.4) is 0 Å². The zero-order valence-corrected chi connectivity index (χ0v) is 12.0. The lowest BCUT2D eigenvalue weighted by Crippen LogP contribution is -2.34. The van der Waals surface area contributed by atoms with Crippen molar-refractivity contribution in [1.29, 1.82) is 0 Å². The van der Waals surface area contributed by atoms with Crippen molar-refractivity contribution in [3.63, 3.8) is 0 Å². The molecule has 1 aromatic heterocycles. The third-order valence-electron chi connectivity index (χ3n) is 4.07. The molecule has 0 saturated carbocycles. The van der Waals surface area contributed by atoms with Crippen LogP contribution in [0.25, 0.3) is 0 Å². The van der Waals surface area contributed by atoms with Gasteiger partial charge in [0.25, 0.3) is 0 Å². The highest BCUT2D eigenvalue weighted by Gasteiger charge is 2.21. The van der Waals surface area contributed by atoms with Crippen LogP contribution in [0.2, 0.25) is 0 Å². The average molecular weight is 275 g/mol. The molecular formula is C14H21N5O. The van der Waals surface area contributed by atoms with Gasteiger partial charge < -0.3 is 14.7 Å². The minimum absolute atomic E-state index is 0.156. The first-order valence-electron chi connectivity index (χ1n) is 7.30. The largest absolute Gasteiger partial charge is 0.356 e. The van der Waals surface area contributed by atoms with E-state index in [1.165, 1.54) is 12.8 Å². The second-order valence-electron chi connectivity index (χ2n) is 5.52. The number of carbonyl (C=O) groups is 1. The minimum Gasteiger partial charge on any atom is -0.356 e. The summed E-state index contributed by atoms with van der Waals surface area (Å²) >= 11 is 0. The fourth-order valence-corrected chi connectivity index (χ4v) is 2.81. The topological polar surface area (TPSA) is 52.6 Å². The summed E-state index contributed by atoms with van der Waals surface area (Å²) in [6.07, 6.45) is 5.05. The first-order valence-corrected chi connectivity index (χ1v) is 7.30. The second-order valence-corrected chi connectivity index (χ2v) is 5.52. The monoisotopic (exact) mass is 275 g/mol. The highest BCUT2D eigenvalue weighted by Crippen LogP contribution is 2.22. The molecule has 20 heavy (non-hydrogen) atoms. The lowest BCUT2D eigenvalue weighted by molar-refractivity contribution is -0.127. The van der Waals surface area contributed by atoms with Gasteiger partial charge in [-0.15, -0.1) is 0 Å². The van der Waals surface area contributed by atoms with Gasteiger partial charge in [-0.05, 0) is 19.3 Å². The molecule has 2 aliphatic rings. The molecule has 1 amide bonds. The van der Waals surface area contributed by atoms with Gasteiger partial charge in [0.1, 0.15) is 18.0 Å². The molecule has 0 N–H and O–H groups in total. The van der Waals surface area contributed by atoms with Crippen LogP contribution in [0.5, 0.6) is 0 Å². The molecule has 0 atom stereocenters. The van der Waals surface area contributed by atoms with Crippen molar-refractivity contribution in [2.45, 2.75) is 19.3 Å². The van der Waals surface area contributed by atoms with E-state index in [1.54, 1.807) is 11.2 Å². The summed E-state index contributed by atoms with van der Waals surface area (Å²) in [6, 6.07) is 2.02. The standard InChI is InChI=1S/C14H21N5O/c1-17-5-4-8-19(10-14(17)20)13-9-12(15-11-16-13)18-6-2-3-7-18/h9,11H,2-8,10H2,1H3. The molecule has 6 nitrogen and oxygen atoms in total. The molecule has 0 radical (unpaired) electrons. The maximum atomic E-state index is 12.0. The molecule has 0 bridgehead atoms. The highest BCUT2D eigenvalue weighted by molar-refractivity contribution is 5.81. The zero-order valence-electron chi connectivity index (χ0n) is 12.0. The number of likely N-dealkylation sites (N-methyl/N-ethyl adjacent to an activating group) is 1. The van der Waals surface area contributed by atoms with Crippen LogP contribution in [0, 0.1) is 0 Å². The lowest BCUT2D eigenvalue weighted by Gasteiger charge is -2.23. The SMILES string of the molecule is CN1CCCN(c2cc(N3CCCC3)ncn2)CC1=O. The van der Waals surface area contributed by atoms with Gasteiger partial charge in [-0.1, -0.05) is 0 Å². The molecule has 1 aromatic rings. The number of nitrogens with zero attached hydrogens (tertiary/aromatic N) is 5. The Morgan fingerprint density at radius 1 is 0.950 bits per heavy atom. The van der Waals surface area contributed by atoms with Crippen LogP contribution in [0.15, 0.2) is 12.4 Å². The summed E-state index contributed by atoms with van der Waals surface area (Å²) in [6.45, 7) is 4.23. The zero-order chi connectivity index (χ0) is 13.9. The predicted molar refractivity (Wildman–Crippen MR) is 77.9 cm³/mol. The van der Waals surface area contributed by atoms with E-state index < -0.39 is 0 Å². The number of aromatic nitrogens is 2. The van der Waals surface area contributed by atoms with Crippen LogP contribution in [0.1, 0.15) is 19.3 Å². The van der Waals surface area contributed by atoms with Crippen molar-refractivity contribution < 1.29 is 4.79 Å². The molecule has 108 valence electrons. The number of anilines is 2. The highest BCUT2D eigenvalue weighted by atomic mass is 16.2. The van der Waals surface area contributed by atoms with Gasteiger partial charge in [-0.3, -0.25) is 4.79 Å². The number of hydrogen-bond acceptors (Lipinski definition) is 5. The minimum atomic E-state index is 0.156. The average Bonchev–Trinajstić information content (AvgIpc) is 2.94. The van der Waals surface area contributed by atoms with Crippen molar-refractivity contribution in [2.24, 2.45) is 0 Å². The molecule has 0 spiro atoms. The molecule has 2 fully saturated rings. The number of carbonyl (C=O) groups excluding carboxylic acids is 1. The molecule has 3 rings (SSSR count). The first-order chi connectivity index (χ1) is 9.74. The number of rotatable bonds is 2. The van der Waals surface area contributed by atoms with E-state index in [-0.39, 0.29) is 5.91 Å². The molecule has 0 aliphatic carbocycles. The van der Waals surface area contributed by atoms with Gasteiger partial charge in [0.2, 0.25) is 5.91 Å². The Hall–Kier alpha value is -1.85. The number of hydrogen-bond donors (Lipinski definition) is 0. The van der Waals surface area contributed by atoms with Crippen molar-refractivity contribution in [3.05, 3.63) is 12.4 Å². The molecule has 2 saturated heterocycles. The van der Waals surface area contributed by atoms with E-state index in [4.69, 9.17) is 0 Å². The van der Waals surface area contributed by atoms with Crippen LogP contribution >= 0.6 is 0 Å². The summed E-state index contributed by atoms with van der Waals surface area (Å²) in [5.74, 6) is 2.01. The van der Waals surface area contributed by atoms with Gasteiger partial charge in [-0.2, -0.15) is 0 Å². The molecule has 6 heteroatoms. The summed E-state index contributed by atoms with van der Waals surface area (Å²) in [7, 11) is 1.86. The quantitative estimate of drug-likeness (QED) is 0.797. The fourth-order valence-electron chi connectivity index (χ4n) is 2.81. The van der Waals surface area contributed by atoms with E-state index in [2.05, 4.69) is 19.8 Å². The molecule has 3 heterocycles. The smallest absolute Gasteiger partial charge is 0.241 e. The summed E-state index contributed by atoms with van der Waals surface area (Å²) < 4.78 is 0. The third-order valence-corrected chi connectivity index (χ3v) is 4.07. The van der Waals surface area contributed by atoms with Crippen LogP contribution in [-0.4, -0.2) is 60.5 Å². The first kappa shape index (κ1) is 13.1. The van der Waals surface area contributed by atoms with Gasteiger partial charge in [0.05, 0.1) is 6.54 Å². The van der Waals surface area contributed by atoms with E-state index in [0.29, 0.717) is 6.54 Å². The Morgan fingerprint density at radius 2 is 1.60 bits per heavy atom. The Kier molecular flexibility index (Phi) is 3.71. The van der Waals surface area contributed by atoms with Gasteiger partial charge in [0, 0.05) is 39.3 Å². The van der Waals surface area contributed by atoms with Crippen molar-refractivity contribution in [2.75, 3.05) is 49.6 Å². The van der Waals surface area contributed by atoms with Crippen molar-refractivity contribution in [3.8, 4) is 0 Å². The normalized spacial score (nSPS) is 20.4. The van der Waals surface area contributed by atoms with Crippen LogP contribution < -0.4 is 9.80 Å². The Bertz CT molecular complexity index is 486. The molecule has 2 aliphatic heterocycles. The summed E-state index contributed by atoms with van der Waals surface area (Å²) in [5.41, 5.74) is 0. The maximum absolute atomic E-state index is 12.0. The van der Waals surface area contributed by atoms with Crippen molar-refractivity contribution in [1.82, 2.24) is 14.9 Å². The van der Waals surface area contributed by atoms with E-state index in [0.717, 1.165) is 44.2 Å². The van der Waals surface area contributed by atoms with Crippen LogP contribution in [-0.2, 0) is 4.79 Å².